The van der Waals surface area contributed by atoms with Crippen LogP contribution in [0.15, 0.2) is 11.8 Å². The van der Waals surface area contributed by atoms with Crippen molar-refractivity contribution >= 4 is 42.1 Å². The number of methoxy groups -OCH3 is 1. The summed E-state index contributed by atoms with van der Waals surface area (Å²) >= 11 is 0. The number of likely N-dealkylation sites (N-methyl/N-ethyl adjacent to an activating group) is 1. The van der Waals surface area contributed by atoms with Crippen molar-refractivity contribution in [3.8, 4) is 0 Å². The van der Waals surface area contributed by atoms with Crippen LogP contribution in [0.1, 0.15) is 27.7 Å². The monoisotopic (exact) mass is 529 g/mol. The molecule has 1 aliphatic heterocycles. The maximum absolute atomic E-state index is 12.5. The van der Waals surface area contributed by atoms with E-state index in [1.54, 1.807) is 0 Å². The highest BCUT2D eigenvalue weighted by molar-refractivity contribution is 5.87. The fraction of sp³-hybridized carbons (Fsp3) is 0.591. The van der Waals surface area contributed by atoms with Crippen molar-refractivity contribution in [2.45, 2.75) is 58.1 Å². The molecule has 1 aliphatic rings. The van der Waals surface area contributed by atoms with Gasteiger partial charge in [-0.2, -0.15) is 0 Å². The predicted molar refractivity (Wildman–Crippen MR) is 121 cm³/mol. The Kier molecular flexibility index (Phi) is 12.0. The summed E-state index contributed by atoms with van der Waals surface area (Å²) in [6.45, 7) is 3.44. The van der Waals surface area contributed by atoms with E-state index in [2.05, 4.69) is 10.6 Å². The summed E-state index contributed by atoms with van der Waals surface area (Å²) in [5, 5.41) is 5.13. The third-order valence-corrected chi connectivity index (χ3v) is 4.75. The number of hydrogen-bond acceptors (Lipinski definition) is 12. The number of ether oxygens (including phenoxy) is 5. The standard InChI is InChI=1S/C22H31N3O12/c1-11(27)23-19-15(24-18(31)8-25(5)10-26)7-16(22(32)33-6)37-21(19)20(36-14(4)30)17(35-13(3)29)9-34-12(2)28/h7,10,15,17,19-21H,8-9H2,1-6H3,(H,23,27)(H,24,31)/t15-,17+,19+,20+,21+/m0/s1. The molecule has 0 aromatic heterocycles. The molecule has 15 heteroatoms. The fourth-order valence-corrected chi connectivity index (χ4v) is 3.41. The van der Waals surface area contributed by atoms with Crippen molar-refractivity contribution in [1.29, 1.82) is 0 Å². The van der Waals surface area contributed by atoms with E-state index >= 15 is 0 Å². The van der Waals surface area contributed by atoms with Crippen LogP contribution in [0.5, 0.6) is 0 Å². The van der Waals surface area contributed by atoms with Gasteiger partial charge < -0.3 is 39.2 Å². The molecule has 0 saturated heterocycles. The maximum atomic E-state index is 12.5. The summed E-state index contributed by atoms with van der Waals surface area (Å²) in [5.41, 5.74) is 0. The van der Waals surface area contributed by atoms with Gasteiger partial charge >= 0.3 is 23.9 Å². The van der Waals surface area contributed by atoms with Crippen molar-refractivity contribution in [1.82, 2.24) is 15.5 Å². The van der Waals surface area contributed by atoms with E-state index in [0.717, 1.165) is 32.8 Å². The molecule has 1 rings (SSSR count). The van der Waals surface area contributed by atoms with Crippen LogP contribution in [0.3, 0.4) is 0 Å². The Morgan fingerprint density at radius 3 is 2.14 bits per heavy atom. The number of nitrogens with one attached hydrogen (secondary N) is 2. The number of carbonyl (C=O) groups is 7. The van der Waals surface area contributed by atoms with Crippen LogP contribution in [0.4, 0.5) is 0 Å². The SMILES string of the molecule is COC(=O)C1=C[C@H](NC(=O)CN(C)C=O)[C@@H](NC(C)=O)[C@H]([C@H](OC(C)=O)[C@@H](COC(C)=O)OC(C)=O)O1. The van der Waals surface area contributed by atoms with Gasteiger partial charge in [-0.3, -0.25) is 28.8 Å². The molecule has 0 radical (unpaired) electrons. The van der Waals surface area contributed by atoms with Crippen LogP contribution in [-0.2, 0) is 57.2 Å². The summed E-state index contributed by atoms with van der Waals surface area (Å²) in [5.74, 6) is -5.08. The number of amides is 3. The third-order valence-electron chi connectivity index (χ3n) is 4.75. The molecule has 0 bridgehead atoms. The molecule has 0 aromatic rings. The second-order valence-electron chi connectivity index (χ2n) is 7.97. The van der Waals surface area contributed by atoms with Crippen LogP contribution in [0.2, 0.25) is 0 Å². The molecule has 2 N–H and O–H groups in total. The van der Waals surface area contributed by atoms with Crippen LogP contribution < -0.4 is 10.6 Å². The van der Waals surface area contributed by atoms with Crippen molar-refractivity contribution < 1.29 is 57.2 Å². The summed E-state index contributed by atoms with van der Waals surface area (Å²) in [6, 6.07) is -2.37. The molecule has 0 unspecified atom stereocenters. The second kappa shape index (κ2) is 14.4. The topological polar surface area (TPSA) is 193 Å². The first-order valence-electron chi connectivity index (χ1n) is 11.0. The maximum Gasteiger partial charge on any atom is 0.373 e. The quantitative estimate of drug-likeness (QED) is 0.160. The Morgan fingerprint density at radius 1 is 1.03 bits per heavy atom. The van der Waals surface area contributed by atoms with Gasteiger partial charge in [0.15, 0.2) is 18.3 Å². The molecule has 0 aromatic carbocycles. The van der Waals surface area contributed by atoms with Crippen molar-refractivity contribution in [3.63, 3.8) is 0 Å². The zero-order valence-electron chi connectivity index (χ0n) is 21.3. The van der Waals surface area contributed by atoms with E-state index in [0.29, 0.717) is 6.41 Å². The van der Waals surface area contributed by atoms with E-state index in [-0.39, 0.29) is 6.54 Å². The first kappa shape index (κ1) is 30.9. The molecule has 1 heterocycles. The predicted octanol–water partition coefficient (Wildman–Crippen LogP) is -2.05. The second-order valence-corrected chi connectivity index (χ2v) is 7.97. The van der Waals surface area contributed by atoms with E-state index in [1.165, 1.54) is 20.0 Å². The van der Waals surface area contributed by atoms with Crippen molar-refractivity contribution in [2.24, 2.45) is 0 Å². The number of nitrogens with zero attached hydrogens (tertiary/aromatic N) is 1. The smallest absolute Gasteiger partial charge is 0.373 e. The van der Waals surface area contributed by atoms with E-state index in [1.807, 2.05) is 0 Å². The Labute approximate surface area is 212 Å². The van der Waals surface area contributed by atoms with Crippen LogP contribution in [0.25, 0.3) is 0 Å². The molecule has 0 saturated carbocycles. The number of rotatable bonds is 12. The highest BCUT2D eigenvalue weighted by atomic mass is 16.6. The average Bonchev–Trinajstić information content (AvgIpc) is 2.79. The van der Waals surface area contributed by atoms with Gasteiger partial charge in [0, 0.05) is 34.7 Å². The lowest BCUT2D eigenvalue weighted by Crippen LogP contribution is -2.65. The normalized spacial score (nSPS) is 19.9. The van der Waals surface area contributed by atoms with Gasteiger partial charge in [0.05, 0.1) is 25.7 Å². The van der Waals surface area contributed by atoms with Gasteiger partial charge in [-0.25, -0.2) is 4.79 Å². The Hall–Kier alpha value is -4.17. The van der Waals surface area contributed by atoms with Gasteiger partial charge in [0.25, 0.3) is 0 Å². The first-order valence-corrected chi connectivity index (χ1v) is 11.0. The van der Waals surface area contributed by atoms with Gasteiger partial charge in [-0.15, -0.1) is 0 Å². The molecular formula is C22H31N3O12. The van der Waals surface area contributed by atoms with E-state index in [4.69, 9.17) is 23.7 Å². The minimum absolute atomic E-state index is 0.365. The highest BCUT2D eigenvalue weighted by Gasteiger charge is 2.48. The average molecular weight is 529 g/mol. The van der Waals surface area contributed by atoms with Crippen molar-refractivity contribution in [3.05, 3.63) is 11.8 Å². The van der Waals surface area contributed by atoms with Gasteiger partial charge in [0.1, 0.15) is 6.61 Å². The Morgan fingerprint density at radius 2 is 1.65 bits per heavy atom. The Bertz CT molecular complexity index is 934. The molecule has 5 atom stereocenters. The van der Waals surface area contributed by atoms with Crippen LogP contribution in [-0.4, -0.2) is 105 Å². The van der Waals surface area contributed by atoms with Crippen LogP contribution in [0, 0.1) is 0 Å². The molecule has 0 fully saturated rings. The zero-order chi connectivity index (χ0) is 28.3. The lowest BCUT2D eigenvalue weighted by atomic mass is 9.91. The fourth-order valence-electron chi connectivity index (χ4n) is 3.41. The lowest BCUT2D eigenvalue weighted by molar-refractivity contribution is -0.188. The number of esters is 4. The molecule has 15 nitrogen and oxygen atoms in total. The molecule has 0 spiro atoms. The Balaban J connectivity index is 3.61. The first-order chi connectivity index (χ1) is 17.3. The van der Waals surface area contributed by atoms with Gasteiger partial charge in [-0.05, 0) is 6.08 Å². The minimum atomic E-state index is -1.55. The highest BCUT2D eigenvalue weighted by Crippen LogP contribution is 2.27. The summed E-state index contributed by atoms with van der Waals surface area (Å²) in [6.07, 6.45) is -2.88. The lowest BCUT2D eigenvalue weighted by Gasteiger charge is -2.42. The number of hydrogen-bond donors (Lipinski definition) is 2. The van der Waals surface area contributed by atoms with Crippen molar-refractivity contribution in [2.75, 3.05) is 27.3 Å². The summed E-state index contributed by atoms with van der Waals surface area (Å²) in [7, 11) is 2.43. The van der Waals surface area contributed by atoms with E-state index < -0.39 is 78.5 Å². The zero-order valence-corrected chi connectivity index (χ0v) is 21.3. The van der Waals surface area contributed by atoms with Gasteiger partial charge in [-0.1, -0.05) is 0 Å². The van der Waals surface area contributed by atoms with Gasteiger partial charge in [0.2, 0.25) is 24.0 Å². The third kappa shape index (κ3) is 10.1. The molecule has 206 valence electrons. The minimum Gasteiger partial charge on any atom is -0.477 e. The molecule has 3 amide bonds. The summed E-state index contributed by atoms with van der Waals surface area (Å²) < 4.78 is 26.0. The molecular weight excluding hydrogens is 498 g/mol. The largest absolute Gasteiger partial charge is 0.477 e. The number of carbonyl (C=O) groups excluding carboxylic acids is 7. The van der Waals surface area contributed by atoms with Crippen LogP contribution >= 0.6 is 0 Å². The molecule has 0 aliphatic carbocycles. The molecule has 37 heavy (non-hydrogen) atoms. The summed E-state index contributed by atoms with van der Waals surface area (Å²) in [4.78, 5) is 84.2. The van der Waals surface area contributed by atoms with E-state index in [9.17, 15) is 33.6 Å².